The summed E-state index contributed by atoms with van der Waals surface area (Å²) in [4.78, 5) is 41.7. The van der Waals surface area contributed by atoms with Gasteiger partial charge in [0.25, 0.3) is 0 Å². The van der Waals surface area contributed by atoms with Gasteiger partial charge in [-0.1, -0.05) is 0 Å². The number of hydrogen-bond donors (Lipinski definition) is 0. The van der Waals surface area contributed by atoms with E-state index >= 15 is 0 Å². The van der Waals surface area contributed by atoms with E-state index in [0.29, 0.717) is 42.9 Å². The lowest BCUT2D eigenvalue weighted by Crippen LogP contribution is -2.56. The van der Waals surface area contributed by atoms with Crippen LogP contribution in [0.4, 0.5) is 0 Å². The van der Waals surface area contributed by atoms with Crippen LogP contribution in [0.3, 0.4) is 0 Å². The number of esters is 1. The summed E-state index contributed by atoms with van der Waals surface area (Å²) in [6.45, 7) is 6.80. The largest absolute Gasteiger partial charge is 0.456 e. The molecule has 7 nitrogen and oxygen atoms in total. The van der Waals surface area contributed by atoms with Crippen LogP contribution in [-0.4, -0.2) is 60.0 Å². The fourth-order valence-corrected chi connectivity index (χ4v) is 8.30. The van der Waals surface area contributed by atoms with Gasteiger partial charge in [-0.15, -0.1) is 0 Å². The van der Waals surface area contributed by atoms with Crippen molar-refractivity contribution in [1.29, 1.82) is 0 Å². The van der Waals surface area contributed by atoms with Crippen molar-refractivity contribution in [2.24, 2.45) is 23.2 Å². The van der Waals surface area contributed by atoms with Crippen LogP contribution >= 0.6 is 0 Å². The van der Waals surface area contributed by atoms with Gasteiger partial charge in [-0.25, -0.2) is 4.79 Å². The lowest BCUT2D eigenvalue weighted by Gasteiger charge is -2.56. The minimum absolute atomic E-state index is 0.103. The zero-order valence-corrected chi connectivity index (χ0v) is 21.7. The third-order valence-electron chi connectivity index (χ3n) is 9.26. The van der Waals surface area contributed by atoms with Gasteiger partial charge in [0.15, 0.2) is 6.61 Å². The van der Waals surface area contributed by atoms with Crippen LogP contribution in [-0.2, 0) is 19.1 Å². The standard InChI is InChI=1S/C28H40N2O5/c1-17-8-23(19(3)30(17)18(2)15-34-4)25(31)16-35-26(32)24-6-5-7-29(24)27(33)28-12-20-9-21(13-28)11-22(10-20)14-28/h8,18,20-22,24H,5-7,9-16H2,1-4H3/t18-,20?,21?,22?,24-,28?/m1/s1. The molecule has 2 heterocycles. The van der Waals surface area contributed by atoms with E-state index in [9.17, 15) is 14.4 Å². The van der Waals surface area contributed by atoms with Crippen LogP contribution < -0.4 is 0 Å². The number of carbonyl (C=O) groups is 3. The second-order valence-corrected chi connectivity index (χ2v) is 11.8. The quantitative estimate of drug-likeness (QED) is 0.407. The van der Waals surface area contributed by atoms with Crippen molar-refractivity contribution in [2.75, 3.05) is 26.9 Å². The van der Waals surface area contributed by atoms with Gasteiger partial charge < -0.3 is 18.9 Å². The van der Waals surface area contributed by atoms with Crippen LogP contribution in [0.5, 0.6) is 0 Å². The Labute approximate surface area is 208 Å². The molecule has 6 rings (SSSR count). The van der Waals surface area contributed by atoms with E-state index in [1.165, 1.54) is 19.3 Å². The molecule has 0 N–H and O–H groups in total. The Bertz CT molecular complexity index is 976. The molecule has 0 unspecified atom stereocenters. The Balaban J connectivity index is 1.23. The number of aromatic nitrogens is 1. The number of hydrogen-bond acceptors (Lipinski definition) is 5. The predicted octanol–water partition coefficient (Wildman–Crippen LogP) is 4.25. The molecular formula is C28H40N2O5. The second kappa shape index (κ2) is 9.38. The number of ketones is 1. The highest BCUT2D eigenvalue weighted by Gasteiger charge is 2.57. The first-order valence-corrected chi connectivity index (χ1v) is 13.4. The maximum atomic E-state index is 13.8. The number of ether oxygens (including phenoxy) is 2. The van der Waals surface area contributed by atoms with E-state index in [0.717, 1.165) is 37.1 Å². The van der Waals surface area contributed by atoms with Crippen molar-refractivity contribution in [3.05, 3.63) is 23.0 Å². The molecule has 0 radical (unpaired) electrons. The first-order valence-electron chi connectivity index (χ1n) is 13.4. The van der Waals surface area contributed by atoms with Crippen molar-refractivity contribution in [1.82, 2.24) is 9.47 Å². The molecule has 1 saturated heterocycles. The molecule has 4 aliphatic carbocycles. The van der Waals surface area contributed by atoms with E-state index in [4.69, 9.17) is 9.47 Å². The molecule has 2 atom stereocenters. The average molecular weight is 485 g/mol. The van der Waals surface area contributed by atoms with Gasteiger partial charge in [0.05, 0.1) is 18.1 Å². The number of carbonyl (C=O) groups excluding carboxylic acids is 3. The Morgan fingerprint density at radius 1 is 1.09 bits per heavy atom. The van der Waals surface area contributed by atoms with E-state index in [2.05, 4.69) is 4.57 Å². The van der Waals surface area contributed by atoms with Crippen molar-refractivity contribution < 1.29 is 23.9 Å². The van der Waals surface area contributed by atoms with Crippen molar-refractivity contribution in [3.8, 4) is 0 Å². The zero-order valence-electron chi connectivity index (χ0n) is 21.7. The van der Waals surface area contributed by atoms with Gasteiger partial charge in [0.1, 0.15) is 6.04 Å². The molecular weight excluding hydrogens is 444 g/mol. The molecule has 0 aromatic carbocycles. The van der Waals surface area contributed by atoms with Crippen molar-refractivity contribution >= 4 is 17.7 Å². The molecule has 5 aliphatic rings. The number of aryl methyl sites for hydroxylation is 1. The normalized spacial score (nSPS) is 32.2. The topological polar surface area (TPSA) is 77.8 Å². The van der Waals surface area contributed by atoms with E-state index in [1.54, 1.807) is 12.0 Å². The van der Waals surface area contributed by atoms with E-state index in [1.807, 2.05) is 26.8 Å². The molecule has 4 saturated carbocycles. The molecule has 1 aliphatic heterocycles. The molecule has 5 fully saturated rings. The van der Waals surface area contributed by atoms with Crippen LogP contribution in [0.25, 0.3) is 0 Å². The number of nitrogens with zero attached hydrogens (tertiary/aromatic N) is 2. The lowest BCUT2D eigenvalue weighted by atomic mass is 9.49. The summed E-state index contributed by atoms with van der Waals surface area (Å²) in [6.07, 6.45) is 8.25. The third-order valence-corrected chi connectivity index (χ3v) is 9.26. The highest BCUT2D eigenvalue weighted by molar-refractivity contribution is 5.99. The summed E-state index contributed by atoms with van der Waals surface area (Å²) in [5.74, 6) is 1.58. The summed E-state index contributed by atoms with van der Waals surface area (Å²) in [5, 5.41) is 0. The maximum Gasteiger partial charge on any atom is 0.329 e. The number of Topliss-reactive ketones (excluding diaryl/α,β-unsaturated/α-hetero) is 1. The van der Waals surface area contributed by atoms with Gasteiger partial charge in [0, 0.05) is 30.6 Å². The highest BCUT2D eigenvalue weighted by Crippen LogP contribution is 2.60. The molecule has 1 aromatic rings. The number of amides is 1. The van der Waals surface area contributed by atoms with Gasteiger partial charge in [0.2, 0.25) is 11.7 Å². The van der Waals surface area contributed by atoms with Crippen molar-refractivity contribution in [3.63, 3.8) is 0 Å². The summed E-state index contributed by atoms with van der Waals surface area (Å²) in [5.41, 5.74) is 2.15. The monoisotopic (exact) mass is 484 g/mol. The van der Waals surface area contributed by atoms with E-state index < -0.39 is 12.0 Å². The number of methoxy groups -OCH3 is 1. The molecule has 1 amide bonds. The molecule has 1 aromatic heterocycles. The number of likely N-dealkylation sites (tertiary alicyclic amines) is 1. The SMILES string of the molecule is COC[C@@H](C)n1c(C)cc(C(=O)COC(=O)[C@H]2CCCN2C(=O)C23CC4CC(CC(C4)C2)C3)c1C. The summed E-state index contributed by atoms with van der Waals surface area (Å²) < 4.78 is 12.9. The molecule has 7 heteroatoms. The molecule has 0 spiro atoms. The van der Waals surface area contributed by atoms with Crippen LogP contribution in [0, 0.1) is 37.0 Å². The third kappa shape index (κ3) is 4.34. The molecule has 35 heavy (non-hydrogen) atoms. The fourth-order valence-electron chi connectivity index (χ4n) is 8.30. The fraction of sp³-hybridized carbons (Fsp3) is 0.750. The van der Waals surface area contributed by atoms with Gasteiger partial charge in [-0.05, 0) is 96.0 Å². The Morgan fingerprint density at radius 2 is 1.71 bits per heavy atom. The Kier molecular flexibility index (Phi) is 6.58. The molecule has 192 valence electrons. The van der Waals surface area contributed by atoms with Crippen LogP contribution in [0.1, 0.15) is 86.1 Å². The van der Waals surface area contributed by atoms with Gasteiger partial charge in [-0.2, -0.15) is 0 Å². The highest BCUT2D eigenvalue weighted by atomic mass is 16.5. The van der Waals surface area contributed by atoms with Crippen LogP contribution in [0.2, 0.25) is 0 Å². The Morgan fingerprint density at radius 3 is 2.31 bits per heavy atom. The lowest BCUT2D eigenvalue weighted by molar-refractivity contribution is -0.165. The first-order chi connectivity index (χ1) is 16.7. The zero-order chi connectivity index (χ0) is 24.9. The van der Waals surface area contributed by atoms with Crippen molar-refractivity contribution in [2.45, 2.75) is 84.2 Å². The predicted molar refractivity (Wildman–Crippen MR) is 131 cm³/mol. The van der Waals surface area contributed by atoms with Gasteiger partial charge in [-0.3, -0.25) is 9.59 Å². The summed E-state index contributed by atoms with van der Waals surface area (Å²) in [7, 11) is 1.66. The summed E-state index contributed by atoms with van der Waals surface area (Å²) in [6, 6.07) is 1.40. The van der Waals surface area contributed by atoms with Crippen LogP contribution in [0.15, 0.2) is 6.07 Å². The van der Waals surface area contributed by atoms with E-state index in [-0.39, 0.29) is 29.8 Å². The second-order valence-electron chi connectivity index (χ2n) is 11.8. The minimum atomic E-state index is -0.558. The smallest absolute Gasteiger partial charge is 0.329 e. The average Bonchev–Trinajstić information content (AvgIpc) is 3.40. The van der Waals surface area contributed by atoms with Gasteiger partial charge >= 0.3 is 5.97 Å². The molecule has 4 bridgehead atoms. The minimum Gasteiger partial charge on any atom is -0.456 e. The maximum absolute atomic E-state index is 13.8. The summed E-state index contributed by atoms with van der Waals surface area (Å²) >= 11 is 0. The number of rotatable bonds is 8. The Hall–Kier alpha value is -2.15. The first kappa shape index (κ1) is 24.5.